The number of thiol groups is 1. The van der Waals surface area contributed by atoms with E-state index in [0.717, 1.165) is 12.0 Å². The molecule has 1 aromatic carbocycles. The van der Waals surface area contributed by atoms with Crippen LogP contribution in [-0.4, -0.2) is 41.3 Å². The second-order valence-corrected chi connectivity index (χ2v) is 9.09. The van der Waals surface area contributed by atoms with Crippen molar-refractivity contribution in [3.8, 4) is 0 Å². The average molecular weight is 430 g/mol. The highest BCUT2D eigenvalue weighted by molar-refractivity contribution is 7.81. The lowest BCUT2D eigenvalue weighted by Gasteiger charge is -2.40. The molecule has 5 nitrogen and oxygen atoms in total. The highest BCUT2D eigenvalue weighted by Gasteiger charge is 2.35. The Bertz CT molecular complexity index is 742. The average Bonchev–Trinajstić information content (AvgIpc) is 2.61. The molecular formula is C19H25Cl2N3O2S. The van der Waals surface area contributed by atoms with Gasteiger partial charge >= 0.3 is 6.03 Å². The van der Waals surface area contributed by atoms with Gasteiger partial charge < -0.3 is 15.5 Å². The van der Waals surface area contributed by atoms with Gasteiger partial charge in [-0.15, -0.1) is 12.6 Å². The summed E-state index contributed by atoms with van der Waals surface area (Å²) in [5, 5.41) is 6.75. The number of nitrogens with one attached hydrogen (secondary N) is 2. The summed E-state index contributed by atoms with van der Waals surface area (Å²) in [7, 11) is 0. The van der Waals surface area contributed by atoms with Crippen molar-refractivity contribution in [2.75, 3.05) is 19.6 Å². The predicted molar refractivity (Wildman–Crippen MR) is 114 cm³/mol. The zero-order valence-electron chi connectivity index (χ0n) is 15.5. The molecule has 1 fully saturated rings. The second kappa shape index (κ2) is 8.76. The van der Waals surface area contributed by atoms with Crippen LogP contribution in [0.4, 0.5) is 4.79 Å². The molecule has 3 amide bonds. The maximum Gasteiger partial charge on any atom is 0.315 e. The first kappa shape index (κ1) is 21.9. The molecule has 1 heterocycles. The van der Waals surface area contributed by atoms with Crippen LogP contribution < -0.4 is 10.6 Å². The SMILES string of the molecule is C=CC(=O)N1CCC[C@](S)(NC(=O)NCC(C)(C)c2ccc(Cl)c(Cl)c2)C1. The van der Waals surface area contributed by atoms with Crippen LogP contribution in [0.1, 0.15) is 32.3 Å². The van der Waals surface area contributed by atoms with Gasteiger partial charge in [0.2, 0.25) is 5.91 Å². The first-order valence-corrected chi connectivity index (χ1v) is 9.92. The van der Waals surface area contributed by atoms with E-state index in [2.05, 4.69) is 29.8 Å². The minimum Gasteiger partial charge on any atom is -0.337 e. The maximum atomic E-state index is 12.4. The third-order valence-corrected chi connectivity index (χ3v) is 5.91. The topological polar surface area (TPSA) is 61.4 Å². The van der Waals surface area contributed by atoms with Crippen molar-refractivity contribution in [2.24, 2.45) is 0 Å². The number of piperidine rings is 1. The van der Waals surface area contributed by atoms with Gasteiger partial charge in [-0.25, -0.2) is 4.79 Å². The van der Waals surface area contributed by atoms with Gasteiger partial charge in [-0.3, -0.25) is 4.79 Å². The number of halogens is 2. The van der Waals surface area contributed by atoms with E-state index in [9.17, 15) is 9.59 Å². The number of rotatable bonds is 5. The van der Waals surface area contributed by atoms with Gasteiger partial charge in [0.05, 0.1) is 16.6 Å². The van der Waals surface area contributed by atoms with Crippen molar-refractivity contribution in [3.05, 3.63) is 46.5 Å². The molecule has 0 unspecified atom stereocenters. The number of benzene rings is 1. The molecule has 0 radical (unpaired) electrons. The predicted octanol–water partition coefficient (Wildman–Crippen LogP) is 4.00. The molecule has 8 heteroatoms. The molecule has 1 atom stereocenters. The number of amides is 3. The van der Waals surface area contributed by atoms with E-state index >= 15 is 0 Å². The molecule has 0 bridgehead atoms. The Labute approximate surface area is 175 Å². The minimum absolute atomic E-state index is 0.156. The molecule has 0 spiro atoms. The summed E-state index contributed by atoms with van der Waals surface area (Å²) in [6, 6.07) is 5.12. The van der Waals surface area contributed by atoms with E-state index in [1.165, 1.54) is 6.08 Å². The Morgan fingerprint density at radius 2 is 2.07 bits per heavy atom. The summed E-state index contributed by atoms with van der Waals surface area (Å²) < 4.78 is 0. The van der Waals surface area contributed by atoms with Gasteiger partial charge in [-0.05, 0) is 36.6 Å². The van der Waals surface area contributed by atoms with Crippen LogP contribution in [0.3, 0.4) is 0 Å². The van der Waals surface area contributed by atoms with E-state index in [-0.39, 0.29) is 17.4 Å². The lowest BCUT2D eigenvalue weighted by molar-refractivity contribution is -0.127. The van der Waals surface area contributed by atoms with Gasteiger partial charge in [-0.2, -0.15) is 0 Å². The van der Waals surface area contributed by atoms with Gasteiger partial charge in [0.25, 0.3) is 0 Å². The van der Waals surface area contributed by atoms with Crippen molar-refractivity contribution in [1.82, 2.24) is 15.5 Å². The summed E-state index contributed by atoms with van der Waals surface area (Å²) in [4.78, 5) is 25.1. The third kappa shape index (κ3) is 5.80. The lowest BCUT2D eigenvalue weighted by atomic mass is 9.84. The van der Waals surface area contributed by atoms with Crippen molar-refractivity contribution in [1.29, 1.82) is 0 Å². The smallest absolute Gasteiger partial charge is 0.315 e. The van der Waals surface area contributed by atoms with Gasteiger partial charge in [-0.1, -0.05) is 49.7 Å². The van der Waals surface area contributed by atoms with Gasteiger partial charge in [0.15, 0.2) is 0 Å². The van der Waals surface area contributed by atoms with Crippen LogP contribution in [0.2, 0.25) is 10.0 Å². The fraction of sp³-hybridized carbons (Fsp3) is 0.474. The number of carbonyl (C=O) groups is 2. The second-order valence-electron chi connectivity index (χ2n) is 7.42. The largest absolute Gasteiger partial charge is 0.337 e. The molecule has 2 rings (SSSR count). The Morgan fingerprint density at radius 3 is 2.70 bits per heavy atom. The highest BCUT2D eigenvalue weighted by Crippen LogP contribution is 2.30. The first-order chi connectivity index (χ1) is 12.6. The molecule has 1 aliphatic heterocycles. The Hall–Kier alpha value is -1.37. The summed E-state index contributed by atoms with van der Waals surface area (Å²) in [5.74, 6) is -0.156. The third-order valence-electron chi connectivity index (χ3n) is 4.70. The molecule has 0 aliphatic carbocycles. The molecule has 2 N–H and O–H groups in total. The van der Waals surface area contributed by atoms with E-state index in [0.29, 0.717) is 36.1 Å². The normalized spacial score (nSPS) is 20.1. The van der Waals surface area contributed by atoms with Gasteiger partial charge in [0.1, 0.15) is 4.87 Å². The highest BCUT2D eigenvalue weighted by atomic mass is 35.5. The zero-order chi connectivity index (χ0) is 20.2. The van der Waals surface area contributed by atoms with Crippen LogP contribution >= 0.6 is 35.8 Å². The fourth-order valence-electron chi connectivity index (χ4n) is 3.03. The summed E-state index contributed by atoms with van der Waals surface area (Å²) in [5.41, 5.74) is 0.630. The number of carbonyl (C=O) groups excluding carboxylic acids is 2. The molecule has 0 saturated carbocycles. The Kier molecular flexibility index (Phi) is 7.11. The fourth-order valence-corrected chi connectivity index (χ4v) is 3.76. The number of nitrogens with zero attached hydrogens (tertiary/aromatic N) is 1. The van der Waals surface area contributed by atoms with Crippen LogP contribution in [0.5, 0.6) is 0 Å². The number of urea groups is 1. The summed E-state index contributed by atoms with van der Waals surface area (Å²) in [6.07, 6.45) is 2.72. The monoisotopic (exact) mass is 429 g/mol. The molecule has 1 aliphatic rings. The Morgan fingerprint density at radius 1 is 1.37 bits per heavy atom. The molecule has 0 aromatic heterocycles. The minimum atomic E-state index is -0.769. The molecule has 148 valence electrons. The summed E-state index contributed by atoms with van der Waals surface area (Å²) >= 11 is 16.7. The Balaban J connectivity index is 1.95. The van der Waals surface area contributed by atoms with Crippen LogP contribution in [0.25, 0.3) is 0 Å². The summed E-state index contributed by atoms with van der Waals surface area (Å²) in [6.45, 7) is 8.90. The van der Waals surface area contributed by atoms with E-state index in [1.54, 1.807) is 11.0 Å². The molecule has 1 saturated heterocycles. The van der Waals surface area contributed by atoms with E-state index in [4.69, 9.17) is 23.2 Å². The maximum absolute atomic E-state index is 12.4. The van der Waals surface area contributed by atoms with Crippen molar-refractivity contribution in [3.63, 3.8) is 0 Å². The number of likely N-dealkylation sites (tertiary alicyclic amines) is 1. The first-order valence-electron chi connectivity index (χ1n) is 8.72. The molecule has 27 heavy (non-hydrogen) atoms. The van der Waals surface area contributed by atoms with Crippen molar-refractivity contribution >= 4 is 47.8 Å². The van der Waals surface area contributed by atoms with E-state index < -0.39 is 4.87 Å². The lowest BCUT2D eigenvalue weighted by Crippen LogP contribution is -2.58. The van der Waals surface area contributed by atoms with Gasteiger partial charge in [0, 0.05) is 18.5 Å². The zero-order valence-corrected chi connectivity index (χ0v) is 17.9. The van der Waals surface area contributed by atoms with Crippen LogP contribution in [0, 0.1) is 0 Å². The van der Waals surface area contributed by atoms with Crippen molar-refractivity contribution < 1.29 is 9.59 Å². The van der Waals surface area contributed by atoms with Crippen LogP contribution in [0.15, 0.2) is 30.9 Å². The van der Waals surface area contributed by atoms with Crippen molar-refractivity contribution in [2.45, 2.75) is 37.0 Å². The van der Waals surface area contributed by atoms with Crippen LogP contribution in [-0.2, 0) is 10.2 Å². The number of hydrogen-bond donors (Lipinski definition) is 3. The standard InChI is InChI=1S/C19H25Cl2N3O2S/c1-4-16(25)24-9-5-8-19(27,12-24)23-17(26)22-11-18(2,3)13-6-7-14(20)15(21)10-13/h4,6-7,10,27H,1,5,8-9,11-12H2,2-3H3,(H2,22,23,26)/t19-/m1/s1. The number of hydrogen-bond acceptors (Lipinski definition) is 3. The van der Waals surface area contributed by atoms with E-state index in [1.807, 2.05) is 26.0 Å². The quantitative estimate of drug-likeness (QED) is 0.376. The molecular weight excluding hydrogens is 405 g/mol. The molecule has 1 aromatic rings.